The zero-order valence-corrected chi connectivity index (χ0v) is 18.6. The first kappa shape index (κ1) is 22.4. The molecule has 2 N–H and O–H groups in total. The zero-order chi connectivity index (χ0) is 23.5. The summed E-state index contributed by atoms with van der Waals surface area (Å²) >= 11 is 12.1. The van der Waals surface area contributed by atoms with Gasteiger partial charge in [0, 0.05) is 28.6 Å². The Balaban J connectivity index is 1.53. The number of halogens is 3. The molecule has 1 amide bonds. The molecule has 0 unspecified atom stereocenters. The lowest BCUT2D eigenvalue weighted by Crippen LogP contribution is -2.23. The van der Waals surface area contributed by atoms with Crippen LogP contribution in [0.4, 0.5) is 4.39 Å². The minimum atomic E-state index is -0.744. The van der Waals surface area contributed by atoms with Crippen LogP contribution in [0.25, 0.3) is 10.9 Å². The number of pyridine rings is 1. The molecule has 4 rings (SSSR count). The van der Waals surface area contributed by atoms with Crippen molar-refractivity contribution in [3.05, 3.63) is 81.3 Å². The van der Waals surface area contributed by atoms with Gasteiger partial charge in [0.15, 0.2) is 11.6 Å². The Kier molecular flexibility index (Phi) is 6.36. The van der Waals surface area contributed by atoms with Gasteiger partial charge in [0.2, 0.25) is 5.88 Å². The number of rotatable bonds is 6. The topological polar surface area (TPSA) is 100 Å². The number of benzene rings is 2. The fourth-order valence-electron chi connectivity index (χ4n) is 3.12. The number of aromatic amines is 1. The number of hydrogen-bond acceptors (Lipinski definition) is 5. The molecule has 0 aliphatic carbocycles. The van der Waals surface area contributed by atoms with Gasteiger partial charge in [-0.3, -0.25) is 4.79 Å². The van der Waals surface area contributed by atoms with Crippen LogP contribution in [0, 0.1) is 17.1 Å². The van der Waals surface area contributed by atoms with Crippen molar-refractivity contribution < 1.29 is 18.7 Å². The number of aromatic nitrogens is 2. The summed E-state index contributed by atoms with van der Waals surface area (Å²) in [5.74, 6) is -0.838. The van der Waals surface area contributed by atoms with Crippen LogP contribution in [0.2, 0.25) is 10.0 Å². The summed E-state index contributed by atoms with van der Waals surface area (Å²) in [5.41, 5.74) is 1.36. The third kappa shape index (κ3) is 4.85. The number of amides is 1. The first-order chi connectivity index (χ1) is 15.9. The van der Waals surface area contributed by atoms with E-state index in [1.165, 1.54) is 37.4 Å². The molecule has 0 aliphatic heterocycles. The van der Waals surface area contributed by atoms with Crippen LogP contribution < -0.4 is 14.8 Å². The monoisotopic (exact) mass is 484 g/mol. The highest BCUT2D eigenvalue weighted by molar-refractivity contribution is 6.32. The highest BCUT2D eigenvalue weighted by Crippen LogP contribution is 2.35. The standard InChI is InChI=1S/C23H15Cl2FN4O3/c1-32-20-7-14-6-18(30-19(14)11-28-20)23(31)29-10-13-2-3-17(25)22(21(13)26)33-16-5-12(9-27)4-15(24)8-16/h2-8,11,30H,10H2,1H3,(H,29,31). The molecule has 0 bridgehead atoms. The number of nitrogens with zero attached hydrogens (tertiary/aromatic N) is 2. The Morgan fingerprint density at radius 2 is 2.06 bits per heavy atom. The predicted molar refractivity (Wildman–Crippen MR) is 121 cm³/mol. The van der Waals surface area contributed by atoms with Gasteiger partial charge in [-0.05, 0) is 30.3 Å². The normalized spacial score (nSPS) is 10.6. The van der Waals surface area contributed by atoms with Gasteiger partial charge in [-0.25, -0.2) is 9.37 Å². The summed E-state index contributed by atoms with van der Waals surface area (Å²) in [6.45, 7) is -0.117. The summed E-state index contributed by atoms with van der Waals surface area (Å²) in [6.07, 6.45) is 1.56. The van der Waals surface area contributed by atoms with Crippen LogP contribution in [0.3, 0.4) is 0 Å². The molecular weight excluding hydrogens is 470 g/mol. The Bertz CT molecular complexity index is 1420. The maximum atomic E-state index is 15.1. The number of fused-ring (bicyclic) bond motifs is 1. The van der Waals surface area contributed by atoms with E-state index in [4.69, 9.17) is 37.9 Å². The van der Waals surface area contributed by atoms with E-state index in [0.717, 1.165) is 5.39 Å². The number of hydrogen-bond donors (Lipinski definition) is 2. The lowest BCUT2D eigenvalue weighted by molar-refractivity contribution is 0.0946. The van der Waals surface area contributed by atoms with Crippen LogP contribution >= 0.6 is 23.2 Å². The van der Waals surface area contributed by atoms with Crippen molar-refractivity contribution in [1.82, 2.24) is 15.3 Å². The molecule has 0 saturated carbocycles. The van der Waals surface area contributed by atoms with Crippen LogP contribution in [-0.2, 0) is 6.54 Å². The highest BCUT2D eigenvalue weighted by atomic mass is 35.5. The number of H-pyrrole nitrogens is 1. The third-order valence-electron chi connectivity index (χ3n) is 4.72. The fraction of sp³-hybridized carbons (Fsp3) is 0.0870. The molecule has 166 valence electrons. The number of nitrogens with one attached hydrogen (secondary N) is 2. The van der Waals surface area contributed by atoms with Gasteiger partial charge in [0.25, 0.3) is 5.91 Å². The van der Waals surface area contributed by atoms with Gasteiger partial charge >= 0.3 is 0 Å². The average Bonchev–Trinajstić information content (AvgIpc) is 3.24. The molecule has 2 aromatic carbocycles. The van der Waals surface area contributed by atoms with Crippen molar-refractivity contribution in [2.24, 2.45) is 0 Å². The van der Waals surface area contributed by atoms with Gasteiger partial charge in [0.05, 0.1) is 35.5 Å². The summed E-state index contributed by atoms with van der Waals surface area (Å²) in [4.78, 5) is 19.6. The molecule has 0 aliphatic rings. The van der Waals surface area contributed by atoms with Crippen molar-refractivity contribution in [3.63, 3.8) is 0 Å². The molecule has 7 nitrogen and oxygen atoms in total. The first-order valence-electron chi connectivity index (χ1n) is 9.54. The molecule has 33 heavy (non-hydrogen) atoms. The first-order valence-corrected chi connectivity index (χ1v) is 10.3. The Labute approximate surface area is 197 Å². The van der Waals surface area contributed by atoms with Gasteiger partial charge in [-0.15, -0.1) is 0 Å². The van der Waals surface area contributed by atoms with Crippen molar-refractivity contribution in [1.29, 1.82) is 5.26 Å². The van der Waals surface area contributed by atoms with Crippen LogP contribution in [0.5, 0.6) is 17.4 Å². The second-order valence-corrected chi connectivity index (χ2v) is 7.76. The van der Waals surface area contributed by atoms with Crippen molar-refractivity contribution in [2.45, 2.75) is 6.54 Å². The SMILES string of the molecule is COc1cc2cc(C(=O)NCc3ccc(Cl)c(Oc4cc(Cl)cc(C#N)c4)c3F)[nH]c2cn1. The zero-order valence-electron chi connectivity index (χ0n) is 17.1. The molecule has 0 saturated heterocycles. The van der Waals surface area contributed by atoms with Crippen LogP contribution in [-0.4, -0.2) is 23.0 Å². The van der Waals surface area contributed by atoms with E-state index in [2.05, 4.69) is 15.3 Å². The maximum absolute atomic E-state index is 15.1. The molecule has 0 atom stereocenters. The Morgan fingerprint density at radius 1 is 1.24 bits per heavy atom. The fourth-order valence-corrected chi connectivity index (χ4v) is 3.53. The summed E-state index contributed by atoms with van der Waals surface area (Å²) in [5, 5.41) is 12.8. The van der Waals surface area contributed by atoms with E-state index in [1.807, 2.05) is 6.07 Å². The molecule has 0 spiro atoms. The number of carbonyl (C=O) groups excluding carboxylic acids is 1. The van der Waals surface area contributed by atoms with E-state index in [0.29, 0.717) is 11.4 Å². The molecule has 2 aromatic heterocycles. The lowest BCUT2D eigenvalue weighted by atomic mass is 10.2. The highest BCUT2D eigenvalue weighted by Gasteiger charge is 2.17. The van der Waals surface area contributed by atoms with E-state index < -0.39 is 11.7 Å². The molecule has 0 fully saturated rings. The van der Waals surface area contributed by atoms with E-state index in [-0.39, 0.29) is 44.9 Å². The second-order valence-electron chi connectivity index (χ2n) is 6.92. The molecule has 0 radical (unpaired) electrons. The molecule has 2 heterocycles. The van der Waals surface area contributed by atoms with Crippen molar-refractivity contribution >= 4 is 40.0 Å². The largest absolute Gasteiger partial charge is 0.481 e. The maximum Gasteiger partial charge on any atom is 0.267 e. The average molecular weight is 485 g/mol. The van der Waals surface area contributed by atoms with Gasteiger partial charge in [-0.2, -0.15) is 5.26 Å². The van der Waals surface area contributed by atoms with Gasteiger partial charge in [0.1, 0.15) is 11.4 Å². The van der Waals surface area contributed by atoms with Crippen LogP contribution in [0.1, 0.15) is 21.6 Å². The minimum Gasteiger partial charge on any atom is -0.481 e. The van der Waals surface area contributed by atoms with E-state index in [9.17, 15) is 4.79 Å². The quantitative estimate of drug-likeness (QED) is 0.370. The van der Waals surface area contributed by atoms with Gasteiger partial charge < -0.3 is 19.8 Å². The molecular formula is C23H15Cl2FN4O3. The van der Waals surface area contributed by atoms with Gasteiger partial charge in [-0.1, -0.05) is 29.3 Å². The minimum absolute atomic E-state index is 0.0260. The summed E-state index contributed by atoms with van der Waals surface area (Å²) < 4.78 is 25.8. The second kappa shape index (κ2) is 9.36. The lowest BCUT2D eigenvalue weighted by Gasteiger charge is -2.13. The smallest absolute Gasteiger partial charge is 0.267 e. The Hall–Kier alpha value is -3.80. The van der Waals surface area contributed by atoms with Crippen molar-refractivity contribution in [3.8, 4) is 23.4 Å². The summed E-state index contributed by atoms with van der Waals surface area (Å²) in [6, 6.07) is 12.5. The van der Waals surface area contributed by atoms with Crippen molar-refractivity contribution in [2.75, 3.05) is 7.11 Å². The van der Waals surface area contributed by atoms with E-state index in [1.54, 1.807) is 18.3 Å². The van der Waals surface area contributed by atoms with E-state index >= 15 is 4.39 Å². The number of ether oxygens (including phenoxy) is 2. The number of nitriles is 1. The Morgan fingerprint density at radius 3 is 2.82 bits per heavy atom. The molecule has 10 heteroatoms. The number of methoxy groups -OCH3 is 1. The predicted octanol–water partition coefficient (Wildman–Crippen LogP) is 5.61. The third-order valence-corrected chi connectivity index (χ3v) is 5.24. The van der Waals surface area contributed by atoms with Crippen LogP contribution in [0.15, 0.2) is 48.7 Å². The number of carbonyl (C=O) groups is 1. The molecule has 4 aromatic rings. The summed E-state index contributed by atoms with van der Waals surface area (Å²) in [7, 11) is 1.50.